The maximum Gasteiger partial charge on any atom is 0.251 e. The molecule has 2 rings (SSSR count). The average Bonchev–Trinajstić information content (AvgIpc) is 2.48. The molecule has 0 aliphatic carbocycles. The van der Waals surface area contributed by atoms with E-state index in [1.54, 1.807) is 24.3 Å². The van der Waals surface area contributed by atoms with Gasteiger partial charge in [-0.05, 0) is 42.7 Å². The molecule has 0 unspecified atom stereocenters. The summed E-state index contributed by atoms with van der Waals surface area (Å²) in [5.74, 6) is -0.0514. The molecule has 0 saturated carbocycles. The molecule has 2 aromatic rings. The molecule has 0 aliphatic rings. The topological polar surface area (TPSA) is 29.1 Å². The van der Waals surface area contributed by atoms with Crippen LogP contribution in [0, 0.1) is 0 Å². The second-order valence-corrected chi connectivity index (χ2v) is 5.21. The first-order valence-corrected chi connectivity index (χ1v) is 7.17. The highest BCUT2D eigenvalue weighted by atomic mass is 35.5. The Morgan fingerprint density at radius 3 is 2.35 bits per heavy atom. The predicted octanol–water partition coefficient (Wildman–Crippen LogP) is 4.09. The van der Waals surface area contributed by atoms with Crippen LogP contribution < -0.4 is 5.32 Å². The molecule has 0 aromatic heterocycles. The molecule has 0 bridgehead atoms. The van der Waals surface area contributed by atoms with Gasteiger partial charge in [-0.2, -0.15) is 0 Å². The Labute approximate surface area is 124 Å². The van der Waals surface area contributed by atoms with Crippen molar-refractivity contribution in [2.45, 2.75) is 25.8 Å². The van der Waals surface area contributed by atoms with Crippen LogP contribution in [0.1, 0.15) is 29.3 Å². The van der Waals surface area contributed by atoms with Gasteiger partial charge in [-0.25, -0.2) is 0 Å². The van der Waals surface area contributed by atoms with Gasteiger partial charge in [-0.3, -0.25) is 4.79 Å². The maximum absolute atomic E-state index is 12.2. The predicted molar refractivity (Wildman–Crippen MR) is 83.1 cm³/mol. The Kier molecular flexibility index (Phi) is 5.19. The summed E-state index contributed by atoms with van der Waals surface area (Å²) in [7, 11) is 0. The van der Waals surface area contributed by atoms with Crippen LogP contribution in [0.3, 0.4) is 0 Å². The second kappa shape index (κ2) is 7.11. The van der Waals surface area contributed by atoms with Crippen molar-refractivity contribution in [2.24, 2.45) is 0 Å². The van der Waals surface area contributed by atoms with E-state index in [2.05, 4.69) is 24.4 Å². The third-order valence-electron chi connectivity index (χ3n) is 3.26. The second-order valence-electron chi connectivity index (χ2n) is 4.78. The van der Waals surface area contributed by atoms with E-state index in [-0.39, 0.29) is 11.9 Å². The number of nitrogens with one attached hydrogen (secondary N) is 1. The van der Waals surface area contributed by atoms with Crippen LogP contribution >= 0.6 is 11.6 Å². The third-order valence-corrected chi connectivity index (χ3v) is 3.51. The SMILES string of the molecule is CC[C@H](Cc1ccccc1)NC(=O)c1ccc(Cl)cc1. The van der Waals surface area contributed by atoms with E-state index in [9.17, 15) is 4.79 Å². The maximum atomic E-state index is 12.2. The highest BCUT2D eigenvalue weighted by Gasteiger charge is 2.12. The summed E-state index contributed by atoms with van der Waals surface area (Å²) >= 11 is 5.82. The molecule has 0 saturated heterocycles. The Morgan fingerprint density at radius 1 is 1.10 bits per heavy atom. The first kappa shape index (κ1) is 14.6. The lowest BCUT2D eigenvalue weighted by molar-refractivity contribution is 0.0936. The molecule has 1 amide bonds. The monoisotopic (exact) mass is 287 g/mol. The minimum atomic E-state index is -0.0514. The third kappa shape index (κ3) is 4.10. The Balaban J connectivity index is 1.99. The van der Waals surface area contributed by atoms with Gasteiger partial charge in [0.1, 0.15) is 0 Å². The highest BCUT2D eigenvalue weighted by Crippen LogP contribution is 2.11. The number of benzene rings is 2. The van der Waals surface area contributed by atoms with Gasteiger partial charge in [0.2, 0.25) is 0 Å². The molecule has 0 heterocycles. The minimum absolute atomic E-state index is 0.0514. The average molecular weight is 288 g/mol. The summed E-state index contributed by atoms with van der Waals surface area (Å²) in [5, 5.41) is 3.71. The van der Waals surface area contributed by atoms with Gasteiger partial charge < -0.3 is 5.32 Å². The molecular formula is C17H18ClNO. The van der Waals surface area contributed by atoms with Crippen molar-refractivity contribution in [1.82, 2.24) is 5.32 Å². The van der Waals surface area contributed by atoms with Crippen LogP contribution in [-0.4, -0.2) is 11.9 Å². The summed E-state index contributed by atoms with van der Waals surface area (Å²) < 4.78 is 0. The van der Waals surface area contributed by atoms with Crippen molar-refractivity contribution < 1.29 is 4.79 Å². The van der Waals surface area contributed by atoms with Crippen LogP contribution in [0.25, 0.3) is 0 Å². The molecule has 0 radical (unpaired) electrons. The fraction of sp³-hybridized carbons (Fsp3) is 0.235. The highest BCUT2D eigenvalue weighted by molar-refractivity contribution is 6.30. The molecule has 0 spiro atoms. The Hall–Kier alpha value is -1.80. The van der Waals surface area contributed by atoms with Crippen LogP contribution in [0.15, 0.2) is 54.6 Å². The van der Waals surface area contributed by atoms with E-state index in [1.165, 1.54) is 5.56 Å². The van der Waals surface area contributed by atoms with E-state index in [0.717, 1.165) is 12.8 Å². The fourth-order valence-electron chi connectivity index (χ4n) is 2.07. The number of hydrogen-bond acceptors (Lipinski definition) is 1. The zero-order valence-corrected chi connectivity index (χ0v) is 12.2. The van der Waals surface area contributed by atoms with Gasteiger partial charge in [0, 0.05) is 16.6 Å². The first-order chi connectivity index (χ1) is 9.69. The number of carbonyl (C=O) groups excluding carboxylic acids is 1. The number of hydrogen-bond donors (Lipinski definition) is 1. The van der Waals surface area contributed by atoms with Gasteiger partial charge >= 0.3 is 0 Å². The van der Waals surface area contributed by atoms with Crippen molar-refractivity contribution >= 4 is 17.5 Å². The normalized spacial score (nSPS) is 11.9. The molecule has 2 aromatic carbocycles. The Bertz CT molecular complexity index is 551. The van der Waals surface area contributed by atoms with Crippen molar-refractivity contribution in [3.63, 3.8) is 0 Å². The van der Waals surface area contributed by atoms with Crippen LogP contribution in [-0.2, 0) is 6.42 Å². The summed E-state index contributed by atoms with van der Waals surface area (Å²) in [4.78, 5) is 12.2. The van der Waals surface area contributed by atoms with Crippen molar-refractivity contribution in [3.05, 3.63) is 70.7 Å². The standard InChI is InChI=1S/C17H18ClNO/c1-2-16(12-13-6-4-3-5-7-13)19-17(20)14-8-10-15(18)11-9-14/h3-11,16H,2,12H2,1H3,(H,19,20)/t16-/m1/s1. The van der Waals surface area contributed by atoms with E-state index < -0.39 is 0 Å². The molecule has 20 heavy (non-hydrogen) atoms. The molecule has 0 fully saturated rings. The Morgan fingerprint density at radius 2 is 1.75 bits per heavy atom. The number of rotatable bonds is 5. The molecular weight excluding hydrogens is 270 g/mol. The van der Waals surface area contributed by atoms with Crippen molar-refractivity contribution in [3.8, 4) is 0 Å². The van der Waals surface area contributed by atoms with Gasteiger partial charge in [0.25, 0.3) is 5.91 Å². The zero-order valence-electron chi connectivity index (χ0n) is 11.5. The number of halogens is 1. The van der Waals surface area contributed by atoms with Crippen LogP contribution in [0.5, 0.6) is 0 Å². The van der Waals surface area contributed by atoms with E-state index in [4.69, 9.17) is 11.6 Å². The lowest BCUT2D eigenvalue weighted by atomic mass is 10.0. The summed E-state index contributed by atoms with van der Waals surface area (Å²) in [5.41, 5.74) is 1.87. The first-order valence-electron chi connectivity index (χ1n) is 6.79. The number of carbonyl (C=O) groups is 1. The van der Waals surface area contributed by atoms with E-state index in [1.807, 2.05) is 18.2 Å². The van der Waals surface area contributed by atoms with E-state index in [0.29, 0.717) is 10.6 Å². The lowest BCUT2D eigenvalue weighted by Crippen LogP contribution is -2.35. The van der Waals surface area contributed by atoms with Crippen LogP contribution in [0.2, 0.25) is 5.02 Å². The smallest absolute Gasteiger partial charge is 0.251 e. The van der Waals surface area contributed by atoms with E-state index >= 15 is 0 Å². The van der Waals surface area contributed by atoms with Crippen molar-refractivity contribution in [2.75, 3.05) is 0 Å². The van der Waals surface area contributed by atoms with Crippen molar-refractivity contribution in [1.29, 1.82) is 0 Å². The van der Waals surface area contributed by atoms with Gasteiger partial charge in [0.15, 0.2) is 0 Å². The largest absolute Gasteiger partial charge is 0.349 e. The quantitative estimate of drug-likeness (QED) is 0.882. The minimum Gasteiger partial charge on any atom is -0.349 e. The fourth-order valence-corrected chi connectivity index (χ4v) is 2.19. The van der Waals surface area contributed by atoms with Gasteiger partial charge in [-0.15, -0.1) is 0 Å². The molecule has 0 aliphatic heterocycles. The number of amides is 1. The molecule has 2 nitrogen and oxygen atoms in total. The van der Waals surface area contributed by atoms with Gasteiger partial charge in [0.05, 0.1) is 0 Å². The molecule has 1 atom stereocenters. The zero-order chi connectivity index (χ0) is 14.4. The molecule has 104 valence electrons. The lowest BCUT2D eigenvalue weighted by Gasteiger charge is -2.17. The summed E-state index contributed by atoms with van der Waals surface area (Å²) in [6, 6.07) is 17.3. The summed E-state index contributed by atoms with van der Waals surface area (Å²) in [6.07, 6.45) is 1.74. The summed E-state index contributed by atoms with van der Waals surface area (Å²) in [6.45, 7) is 2.08. The molecule has 3 heteroatoms. The molecule has 1 N–H and O–H groups in total. The van der Waals surface area contributed by atoms with Crippen LogP contribution in [0.4, 0.5) is 0 Å². The van der Waals surface area contributed by atoms with Gasteiger partial charge in [-0.1, -0.05) is 48.9 Å².